The maximum Gasteiger partial charge on any atom is 0.304 e. The lowest BCUT2D eigenvalue weighted by Crippen LogP contribution is -2.46. The van der Waals surface area contributed by atoms with Crippen LogP contribution in [-0.2, 0) is 21.5 Å². The van der Waals surface area contributed by atoms with E-state index in [4.69, 9.17) is 0 Å². The van der Waals surface area contributed by atoms with Crippen molar-refractivity contribution in [3.05, 3.63) is 65.7 Å². The molecule has 0 heterocycles. The van der Waals surface area contributed by atoms with Gasteiger partial charge in [-0.3, -0.25) is 4.79 Å². The van der Waals surface area contributed by atoms with Crippen molar-refractivity contribution in [2.75, 3.05) is 32.0 Å². The van der Waals surface area contributed by atoms with E-state index in [2.05, 4.69) is 0 Å². The lowest BCUT2D eigenvalue weighted by Gasteiger charge is -2.28. The van der Waals surface area contributed by atoms with E-state index in [1.54, 1.807) is 37.4 Å². The van der Waals surface area contributed by atoms with Crippen LogP contribution in [0.5, 0.6) is 0 Å². The third kappa shape index (κ3) is 4.83. The molecule has 0 saturated carbocycles. The van der Waals surface area contributed by atoms with Crippen LogP contribution >= 0.6 is 0 Å². The van der Waals surface area contributed by atoms with Gasteiger partial charge in [-0.15, -0.1) is 0 Å². The number of carbonyl (C=O) groups excluding carboxylic acids is 1. The zero-order valence-corrected chi connectivity index (χ0v) is 16.4. The Bertz CT molecular complexity index is 834. The third-order valence-corrected chi connectivity index (χ3v) is 5.85. The summed E-state index contributed by atoms with van der Waals surface area (Å²) >= 11 is 0. The summed E-state index contributed by atoms with van der Waals surface area (Å²) in [6, 6.07) is 16.5. The van der Waals surface area contributed by atoms with Crippen LogP contribution in [-0.4, -0.2) is 51.2 Å². The molecule has 0 spiro atoms. The van der Waals surface area contributed by atoms with Gasteiger partial charge < -0.3 is 4.90 Å². The molecule has 0 N–H and O–H groups in total. The molecular weight excluding hydrogens is 350 g/mol. The number of rotatable bonds is 7. The molecule has 0 bridgehead atoms. The molecule has 2 aromatic rings. The molecule has 0 fully saturated rings. The number of hydrogen-bond acceptors (Lipinski definition) is 3. The highest BCUT2D eigenvalue weighted by atomic mass is 32.2. The Morgan fingerprint density at radius 1 is 0.923 bits per heavy atom. The van der Waals surface area contributed by atoms with Crippen LogP contribution in [0.3, 0.4) is 0 Å². The van der Waals surface area contributed by atoms with E-state index in [9.17, 15) is 13.2 Å². The molecule has 0 saturated heterocycles. The largest absolute Gasteiger partial charge is 0.340 e. The first-order valence-corrected chi connectivity index (χ1v) is 9.66. The SMILES string of the molecule is Cc1ccc(CN(C)C(=O)CN(c2ccccc2)S(=O)(=O)N(C)C)cc1. The average Bonchev–Trinajstić information content (AvgIpc) is 2.61. The van der Waals surface area contributed by atoms with Gasteiger partial charge in [-0.2, -0.15) is 12.7 Å². The highest BCUT2D eigenvalue weighted by Gasteiger charge is 2.28. The van der Waals surface area contributed by atoms with Crippen molar-refractivity contribution >= 4 is 21.8 Å². The minimum Gasteiger partial charge on any atom is -0.340 e. The van der Waals surface area contributed by atoms with Crippen LogP contribution in [0.1, 0.15) is 11.1 Å². The molecule has 26 heavy (non-hydrogen) atoms. The molecule has 0 atom stereocenters. The van der Waals surface area contributed by atoms with E-state index >= 15 is 0 Å². The van der Waals surface area contributed by atoms with Crippen LogP contribution in [0.25, 0.3) is 0 Å². The van der Waals surface area contributed by atoms with Gasteiger partial charge in [0.25, 0.3) is 0 Å². The topological polar surface area (TPSA) is 60.9 Å². The van der Waals surface area contributed by atoms with Gasteiger partial charge in [-0.25, -0.2) is 4.31 Å². The highest BCUT2D eigenvalue weighted by molar-refractivity contribution is 7.90. The van der Waals surface area contributed by atoms with Gasteiger partial charge in [-0.1, -0.05) is 48.0 Å². The van der Waals surface area contributed by atoms with E-state index in [0.29, 0.717) is 12.2 Å². The summed E-state index contributed by atoms with van der Waals surface area (Å²) in [5, 5.41) is 0. The zero-order chi connectivity index (χ0) is 19.3. The number of para-hydroxylation sites is 1. The number of hydrogen-bond donors (Lipinski definition) is 0. The second-order valence-electron chi connectivity index (χ2n) is 6.37. The molecule has 0 radical (unpaired) electrons. The Kier molecular flexibility index (Phi) is 6.39. The first-order valence-electron chi connectivity index (χ1n) is 8.26. The van der Waals surface area contributed by atoms with Crippen molar-refractivity contribution in [2.45, 2.75) is 13.5 Å². The van der Waals surface area contributed by atoms with Crippen LogP contribution in [0.2, 0.25) is 0 Å². The number of nitrogens with zero attached hydrogens (tertiary/aromatic N) is 3. The van der Waals surface area contributed by atoms with E-state index in [1.807, 2.05) is 31.2 Å². The fourth-order valence-corrected chi connectivity index (χ4v) is 3.45. The fourth-order valence-electron chi connectivity index (χ4n) is 2.40. The minimum atomic E-state index is -3.78. The summed E-state index contributed by atoms with van der Waals surface area (Å²) in [5.41, 5.74) is 2.60. The van der Waals surface area contributed by atoms with Crippen molar-refractivity contribution in [1.29, 1.82) is 0 Å². The molecule has 2 rings (SSSR count). The summed E-state index contributed by atoms with van der Waals surface area (Å²) in [5.74, 6) is -0.278. The van der Waals surface area contributed by atoms with Gasteiger partial charge >= 0.3 is 10.2 Å². The van der Waals surface area contributed by atoms with Gasteiger partial charge in [-0.05, 0) is 24.6 Å². The second kappa shape index (κ2) is 8.33. The predicted molar refractivity (Wildman–Crippen MR) is 104 cm³/mol. The third-order valence-electron chi connectivity index (χ3n) is 4.03. The molecule has 1 amide bonds. The Hall–Kier alpha value is -2.38. The summed E-state index contributed by atoms with van der Waals surface area (Å²) < 4.78 is 27.6. The average molecular weight is 375 g/mol. The van der Waals surface area contributed by atoms with E-state index in [0.717, 1.165) is 19.7 Å². The highest BCUT2D eigenvalue weighted by Crippen LogP contribution is 2.19. The van der Waals surface area contributed by atoms with Gasteiger partial charge in [0.2, 0.25) is 5.91 Å². The molecule has 6 nitrogen and oxygen atoms in total. The van der Waals surface area contributed by atoms with E-state index < -0.39 is 10.2 Å². The molecular formula is C19H25N3O3S. The molecule has 0 aromatic heterocycles. The molecule has 0 aliphatic carbocycles. The molecule has 0 aliphatic rings. The lowest BCUT2D eigenvalue weighted by molar-refractivity contribution is -0.128. The molecule has 2 aromatic carbocycles. The first kappa shape index (κ1) is 19.9. The smallest absolute Gasteiger partial charge is 0.304 e. The number of carbonyl (C=O) groups is 1. The van der Waals surface area contributed by atoms with Crippen LogP contribution in [0, 0.1) is 6.92 Å². The fraction of sp³-hybridized carbons (Fsp3) is 0.316. The van der Waals surface area contributed by atoms with Gasteiger partial charge in [0.05, 0.1) is 5.69 Å². The van der Waals surface area contributed by atoms with Crippen molar-refractivity contribution in [2.24, 2.45) is 0 Å². The lowest BCUT2D eigenvalue weighted by atomic mass is 10.1. The second-order valence-corrected chi connectivity index (χ2v) is 8.43. The maximum absolute atomic E-state index is 12.7. The Balaban J connectivity index is 2.19. The van der Waals surface area contributed by atoms with E-state index in [-0.39, 0.29) is 12.5 Å². The van der Waals surface area contributed by atoms with Crippen molar-refractivity contribution in [3.8, 4) is 0 Å². The Morgan fingerprint density at radius 3 is 2.04 bits per heavy atom. The van der Waals surface area contributed by atoms with Crippen LogP contribution in [0.15, 0.2) is 54.6 Å². The standard InChI is InChI=1S/C19H25N3O3S/c1-16-10-12-17(13-11-16)14-21(4)19(23)15-22(26(24,25)20(2)3)18-8-6-5-7-9-18/h5-13H,14-15H2,1-4H3. The summed E-state index contributed by atoms with van der Waals surface area (Å²) in [4.78, 5) is 14.2. The monoisotopic (exact) mass is 375 g/mol. The molecule has 0 aliphatic heterocycles. The van der Waals surface area contributed by atoms with Crippen LogP contribution in [0.4, 0.5) is 5.69 Å². The minimum absolute atomic E-state index is 0.257. The quantitative estimate of drug-likeness (QED) is 0.746. The van der Waals surface area contributed by atoms with Crippen molar-refractivity contribution in [1.82, 2.24) is 9.21 Å². The van der Waals surface area contributed by atoms with Crippen LogP contribution < -0.4 is 4.31 Å². The Labute approximate surface area is 155 Å². The predicted octanol–water partition coefficient (Wildman–Crippen LogP) is 2.27. The van der Waals surface area contributed by atoms with Crippen molar-refractivity contribution < 1.29 is 13.2 Å². The van der Waals surface area contributed by atoms with Crippen molar-refractivity contribution in [3.63, 3.8) is 0 Å². The number of anilines is 1. The molecule has 140 valence electrons. The number of benzene rings is 2. The molecule has 0 unspecified atom stereocenters. The first-order chi connectivity index (χ1) is 12.2. The maximum atomic E-state index is 12.7. The summed E-state index contributed by atoms with van der Waals surface area (Å²) in [6.07, 6.45) is 0. The normalized spacial score (nSPS) is 11.4. The summed E-state index contributed by atoms with van der Waals surface area (Å²) in [7, 11) is 0.795. The zero-order valence-electron chi connectivity index (χ0n) is 15.6. The number of aryl methyl sites for hydroxylation is 1. The Morgan fingerprint density at radius 2 is 1.50 bits per heavy atom. The van der Waals surface area contributed by atoms with Gasteiger partial charge in [0.15, 0.2) is 0 Å². The number of likely N-dealkylation sites (N-methyl/N-ethyl adjacent to an activating group) is 1. The van der Waals surface area contributed by atoms with E-state index in [1.165, 1.54) is 19.0 Å². The number of amides is 1. The van der Waals surface area contributed by atoms with Gasteiger partial charge in [0, 0.05) is 27.7 Å². The van der Waals surface area contributed by atoms with Gasteiger partial charge in [0.1, 0.15) is 6.54 Å². The molecule has 7 heteroatoms. The summed E-state index contributed by atoms with van der Waals surface area (Å²) in [6.45, 7) is 2.17.